The van der Waals surface area contributed by atoms with Crippen molar-refractivity contribution in [1.82, 2.24) is 19.4 Å². The Hall–Kier alpha value is -2.50. The third kappa shape index (κ3) is 5.74. The minimum Gasteiger partial charge on any atom is -0.346 e. The van der Waals surface area contributed by atoms with Gasteiger partial charge in [-0.05, 0) is 44.4 Å². The standard InChI is InChI=1S/C22H27FN4/c1-25(2)14-15-26(17-20-9-5-6-12-24-20)18-21-10-7-13-27(21)16-19-8-3-4-11-22(19)23/h3-13H,14-18H2,1-2H3. The zero-order valence-electron chi connectivity index (χ0n) is 16.1. The van der Waals surface area contributed by atoms with Crippen LogP contribution in [0.15, 0.2) is 67.0 Å². The molecule has 0 unspecified atom stereocenters. The molecule has 0 aliphatic carbocycles. The van der Waals surface area contributed by atoms with E-state index in [1.807, 2.05) is 42.7 Å². The van der Waals surface area contributed by atoms with Crippen molar-refractivity contribution >= 4 is 0 Å². The van der Waals surface area contributed by atoms with Gasteiger partial charge in [0, 0.05) is 49.8 Å². The van der Waals surface area contributed by atoms with Crippen LogP contribution >= 0.6 is 0 Å². The van der Waals surface area contributed by atoms with Crippen molar-refractivity contribution in [1.29, 1.82) is 0 Å². The topological polar surface area (TPSA) is 24.3 Å². The van der Waals surface area contributed by atoms with Crippen LogP contribution in [0, 0.1) is 5.82 Å². The zero-order chi connectivity index (χ0) is 19.1. The number of aromatic nitrogens is 2. The number of rotatable bonds is 9. The van der Waals surface area contributed by atoms with Gasteiger partial charge in [0.05, 0.1) is 12.2 Å². The lowest BCUT2D eigenvalue weighted by Crippen LogP contribution is -2.32. The number of benzene rings is 1. The summed E-state index contributed by atoms with van der Waals surface area (Å²) in [6.45, 7) is 4.04. The van der Waals surface area contributed by atoms with Crippen LogP contribution in [0.3, 0.4) is 0 Å². The normalized spacial score (nSPS) is 11.4. The van der Waals surface area contributed by atoms with Gasteiger partial charge < -0.3 is 9.47 Å². The number of nitrogens with zero attached hydrogens (tertiary/aromatic N) is 4. The van der Waals surface area contributed by atoms with Crippen molar-refractivity contribution in [2.24, 2.45) is 0 Å². The van der Waals surface area contributed by atoms with Gasteiger partial charge in [0.15, 0.2) is 0 Å². The third-order valence-electron chi connectivity index (χ3n) is 4.58. The number of hydrogen-bond acceptors (Lipinski definition) is 3. The van der Waals surface area contributed by atoms with Crippen molar-refractivity contribution in [2.75, 3.05) is 27.2 Å². The first-order valence-corrected chi connectivity index (χ1v) is 9.26. The predicted molar refractivity (Wildman–Crippen MR) is 107 cm³/mol. The summed E-state index contributed by atoms with van der Waals surface area (Å²) in [6.07, 6.45) is 3.85. The smallest absolute Gasteiger partial charge is 0.128 e. The molecular weight excluding hydrogens is 339 g/mol. The molecule has 3 aromatic rings. The molecule has 0 N–H and O–H groups in total. The summed E-state index contributed by atoms with van der Waals surface area (Å²) in [6, 6.07) is 17.1. The summed E-state index contributed by atoms with van der Waals surface area (Å²) in [7, 11) is 4.17. The fourth-order valence-corrected chi connectivity index (χ4v) is 3.06. The molecule has 0 amide bonds. The molecule has 4 nitrogen and oxygen atoms in total. The molecule has 0 radical (unpaired) electrons. The van der Waals surface area contributed by atoms with Crippen LogP contribution in [0.5, 0.6) is 0 Å². The summed E-state index contributed by atoms with van der Waals surface area (Å²) in [5, 5.41) is 0. The largest absolute Gasteiger partial charge is 0.346 e. The minimum atomic E-state index is -0.157. The van der Waals surface area contributed by atoms with E-state index in [2.05, 4.69) is 45.6 Å². The molecule has 0 aliphatic heterocycles. The maximum atomic E-state index is 14.0. The molecule has 3 rings (SSSR count). The summed E-state index contributed by atoms with van der Waals surface area (Å²) in [5.74, 6) is -0.157. The van der Waals surface area contributed by atoms with Crippen LogP contribution in [0.4, 0.5) is 4.39 Å². The summed E-state index contributed by atoms with van der Waals surface area (Å²) in [4.78, 5) is 9.03. The van der Waals surface area contributed by atoms with E-state index in [4.69, 9.17) is 0 Å². The van der Waals surface area contributed by atoms with Crippen LogP contribution in [0.1, 0.15) is 17.0 Å². The molecule has 0 aliphatic rings. The number of likely N-dealkylation sites (N-methyl/N-ethyl adjacent to an activating group) is 1. The van der Waals surface area contributed by atoms with E-state index in [0.29, 0.717) is 12.1 Å². The Labute approximate surface area is 160 Å². The van der Waals surface area contributed by atoms with Crippen LogP contribution in [-0.2, 0) is 19.6 Å². The maximum Gasteiger partial charge on any atom is 0.128 e. The Morgan fingerprint density at radius 1 is 0.926 bits per heavy atom. The molecule has 0 saturated carbocycles. The van der Waals surface area contributed by atoms with E-state index in [9.17, 15) is 4.39 Å². The average molecular weight is 366 g/mol. The second kappa shape index (κ2) is 9.44. The highest BCUT2D eigenvalue weighted by atomic mass is 19.1. The monoisotopic (exact) mass is 366 g/mol. The highest BCUT2D eigenvalue weighted by Gasteiger charge is 2.12. The quantitative estimate of drug-likeness (QED) is 0.578. The van der Waals surface area contributed by atoms with Gasteiger partial charge in [-0.2, -0.15) is 0 Å². The predicted octanol–water partition coefficient (Wildman–Crippen LogP) is 3.63. The SMILES string of the molecule is CN(C)CCN(Cc1ccccn1)Cc1cccn1Cc1ccccc1F. The molecule has 0 saturated heterocycles. The highest BCUT2D eigenvalue weighted by molar-refractivity contribution is 5.19. The van der Waals surface area contributed by atoms with Gasteiger partial charge in [-0.25, -0.2) is 4.39 Å². The first kappa shape index (κ1) is 19.3. The molecule has 0 spiro atoms. The van der Waals surface area contributed by atoms with E-state index in [0.717, 1.165) is 31.9 Å². The first-order chi connectivity index (χ1) is 13.1. The first-order valence-electron chi connectivity index (χ1n) is 9.26. The number of hydrogen-bond donors (Lipinski definition) is 0. The van der Waals surface area contributed by atoms with E-state index < -0.39 is 0 Å². The van der Waals surface area contributed by atoms with E-state index >= 15 is 0 Å². The molecule has 142 valence electrons. The van der Waals surface area contributed by atoms with Gasteiger partial charge in [0.2, 0.25) is 0 Å². The molecule has 27 heavy (non-hydrogen) atoms. The van der Waals surface area contributed by atoms with Crippen molar-refractivity contribution < 1.29 is 4.39 Å². The number of pyridine rings is 1. The van der Waals surface area contributed by atoms with Gasteiger partial charge in [0.1, 0.15) is 5.82 Å². The Morgan fingerprint density at radius 3 is 2.48 bits per heavy atom. The van der Waals surface area contributed by atoms with Gasteiger partial charge >= 0.3 is 0 Å². The summed E-state index contributed by atoms with van der Waals surface area (Å²) >= 11 is 0. The van der Waals surface area contributed by atoms with Crippen molar-refractivity contribution in [3.05, 3.63) is 89.8 Å². The molecule has 1 aromatic carbocycles. The van der Waals surface area contributed by atoms with Crippen LogP contribution in [0.25, 0.3) is 0 Å². The van der Waals surface area contributed by atoms with Crippen molar-refractivity contribution in [3.63, 3.8) is 0 Å². The molecule has 0 atom stereocenters. The van der Waals surface area contributed by atoms with Crippen LogP contribution < -0.4 is 0 Å². The highest BCUT2D eigenvalue weighted by Crippen LogP contribution is 2.14. The molecule has 0 bridgehead atoms. The molecule has 2 aromatic heterocycles. The van der Waals surface area contributed by atoms with E-state index in [1.165, 1.54) is 11.8 Å². The molecule has 0 fully saturated rings. The lowest BCUT2D eigenvalue weighted by molar-refractivity contribution is 0.219. The summed E-state index contributed by atoms with van der Waals surface area (Å²) in [5.41, 5.74) is 2.94. The van der Waals surface area contributed by atoms with Gasteiger partial charge in [-0.1, -0.05) is 24.3 Å². The minimum absolute atomic E-state index is 0.157. The maximum absolute atomic E-state index is 14.0. The van der Waals surface area contributed by atoms with Crippen LogP contribution in [-0.4, -0.2) is 46.5 Å². The molecule has 5 heteroatoms. The third-order valence-corrected chi connectivity index (χ3v) is 4.58. The van der Waals surface area contributed by atoms with Crippen molar-refractivity contribution in [2.45, 2.75) is 19.6 Å². The lowest BCUT2D eigenvalue weighted by atomic mass is 10.2. The van der Waals surface area contributed by atoms with E-state index in [1.54, 1.807) is 6.07 Å². The Bertz CT molecular complexity index is 829. The Kier molecular flexibility index (Phi) is 6.74. The van der Waals surface area contributed by atoms with Gasteiger partial charge in [0.25, 0.3) is 0 Å². The fraction of sp³-hybridized carbons (Fsp3) is 0.318. The lowest BCUT2D eigenvalue weighted by Gasteiger charge is -2.24. The Balaban J connectivity index is 1.73. The zero-order valence-corrected chi connectivity index (χ0v) is 16.1. The van der Waals surface area contributed by atoms with Crippen molar-refractivity contribution in [3.8, 4) is 0 Å². The second-order valence-corrected chi connectivity index (χ2v) is 7.05. The van der Waals surface area contributed by atoms with Crippen LogP contribution in [0.2, 0.25) is 0 Å². The molecule has 2 heterocycles. The fourth-order valence-electron chi connectivity index (χ4n) is 3.06. The van der Waals surface area contributed by atoms with Gasteiger partial charge in [-0.15, -0.1) is 0 Å². The Morgan fingerprint density at radius 2 is 1.74 bits per heavy atom. The average Bonchev–Trinajstić information content (AvgIpc) is 3.09. The number of halogens is 1. The van der Waals surface area contributed by atoms with Gasteiger partial charge in [-0.3, -0.25) is 9.88 Å². The second-order valence-electron chi connectivity index (χ2n) is 7.05. The summed E-state index contributed by atoms with van der Waals surface area (Å²) < 4.78 is 16.2. The van der Waals surface area contributed by atoms with E-state index in [-0.39, 0.29) is 5.82 Å². The molecular formula is C22H27FN4.